The molecule has 1 amide bonds. The topological polar surface area (TPSA) is 49.8 Å². The molecule has 1 N–H and O–H groups in total. The Morgan fingerprint density at radius 3 is 2.80 bits per heavy atom. The number of hydrogen-bond acceptors (Lipinski definition) is 3. The average molecular weight is 213 g/mol. The predicted molar refractivity (Wildman–Crippen MR) is 55.3 cm³/mol. The van der Waals surface area contributed by atoms with Gasteiger partial charge in [-0.1, -0.05) is 0 Å². The van der Waals surface area contributed by atoms with E-state index in [1.54, 1.807) is 14.0 Å². The molecular weight excluding hydrogens is 194 g/mol. The molecule has 0 bridgehead atoms. The van der Waals surface area contributed by atoms with E-state index in [1.807, 2.05) is 4.90 Å². The zero-order valence-corrected chi connectivity index (χ0v) is 9.35. The van der Waals surface area contributed by atoms with Crippen LogP contribution in [0.25, 0.3) is 0 Å². The Kier molecular flexibility index (Phi) is 2.98. The van der Waals surface area contributed by atoms with Gasteiger partial charge in [0.05, 0.1) is 6.10 Å². The minimum atomic E-state index is -0.360. The molecule has 1 saturated carbocycles. The van der Waals surface area contributed by atoms with Crippen LogP contribution >= 0.6 is 0 Å². The second kappa shape index (κ2) is 4.10. The zero-order chi connectivity index (χ0) is 11.0. The van der Waals surface area contributed by atoms with Crippen LogP contribution in [0, 0.1) is 11.8 Å². The Balaban J connectivity index is 1.96. The summed E-state index contributed by atoms with van der Waals surface area (Å²) in [7, 11) is 1.55. The highest BCUT2D eigenvalue weighted by Crippen LogP contribution is 2.38. The molecule has 4 unspecified atom stereocenters. The third kappa shape index (κ3) is 1.88. The number of likely N-dealkylation sites (tertiary alicyclic amines) is 1. The second-order valence-electron chi connectivity index (χ2n) is 4.69. The predicted octanol–water partition coefficient (Wildman–Crippen LogP) is 0.251. The molecule has 0 aromatic carbocycles. The zero-order valence-electron chi connectivity index (χ0n) is 9.35. The number of aliphatic hydroxyl groups excluding tert-OH is 1. The fraction of sp³-hybridized carbons (Fsp3) is 0.909. The van der Waals surface area contributed by atoms with E-state index in [1.165, 1.54) is 0 Å². The van der Waals surface area contributed by atoms with Crippen molar-refractivity contribution in [3.8, 4) is 0 Å². The first-order valence-corrected chi connectivity index (χ1v) is 5.63. The van der Waals surface area contributed by atoms with E-state index in [0.717, 1.165) is 19.4 Å². The fourth-order valence-electron chi connectivity index (χ4n) is 2.77. The molecule has 4 atom stereocenters. The van der Waals surface area contributed by atoms with Gasteiger partial charge in [-0.05, 0) is 25.7 Å². The van der Waals surface area contributed by atoms with Crippen LogP contribution in [0.1, 0.15) is 19.8 Å². The summed E-state index contributed by atoms with van der Waals surface area (Å²) in [4.78, 5) is 13.7. The standard InChI is InChI=1S/C11H19NO3/c1-7(15-2)11(14)12-5-8-3-4-10(13)9(8)6-12/h7-10,13H,3-6H2,1-2H3. The maximum atomic E-state index is 11.8. The van der Waals surface area contributed by atoms with Gasteiger partial charge in [-0.2, -0.15) is 0 Å². The number of amides is 1. The van der Waals surface area contributed by atoms with Gasteiger partial charge in [0.15, 0.2) is 0 Å². The summed E-state index contributed by atoms with van der Waals surface area (Å²) >= 11 is 0. The van der Waals surface area contributed by atoms with Crippen LogP contribution in [0.4, 0.5) is 0 Å². The molecule has 0 aromatic rings. The fourth-order valence-corrected chi connectivity index (χ4v) is 2.77. The maximum Gasteiger partial charge on any atom is 0.251 e. The van der Waals surface area contributed by atoms with E-state index in [0.29, 0.717) is 18.4 Å². The number of nitrogens with zero attached hydrogens (tertiary/aromatic N) is 1. The van der Waals surface area contributed by atoms with Crippen LogP contribution in [0.3, 0.4) is 0 Å². The smallest absolute Gasteiger partial charge is 0.251 e. The molecular formula is C11H19NO3. The molecule has 0 spiro atoms. The van der Waals surface area contributed by atoms with Gasteiger partial charge in [0.1, 0.15) is 6.10 Å². The van der Waals surface area contributed by atoms with Crippen LogP contribution in [0.5, 0.6) is 0 Å². The lowest BCUT2D eigenvalue weighted by Crippen LogP contribution is -2.38. The lowest BCUT2D eigenvalue weighted by atomic mass is 10.00. The van der Waals surface area contributed by atoms with Gasteiger partial charge in [0, 0.05) is 26.1 Å². The summed E-state index contributed by atoms with van der Waals surface area (Å²) in [6, 6.07) is 0. The molecule has 1 aliphatic heterocycles. The van der Waals surface area contributed by atoms with E-state index in [9.17, 15) is 9.90 Å². The van der Waals surface area contributed by atoms with Crippen LogP contribution in [-0.2, 0) is 9.53 Å². The van der Waals surface area contributed by atoms with Crippen molar-refractivity contribution >= 4 is 5.91 Å². The molecule has 0 aromatic heterocycles. The minimum absolute atomic E-state index is 0.0547. The van der Waals surface area contributed by atoms with Crippen molar-refractivity contribution in [2.24, 2.45) is 11.8 Å². The van der Waals surface area contributed by atoms with Crippen LogP contribution in [-0.4, -0.2) is 48.3 Å². The highest BCUT2D eigenvalue weighted by atomic mass is 16.5. The third-order valence-electron chi connectivity index (χ3n) is 3.83. The number of carbonyl (C=O) groups is 1. The molecule has 2 rings (SSSR count). The molecule has 15 heavy (non-hydrogen) atoms. The first-order valence-electron chi connectivity index (χ1n) is 5.63. The Labute approximate surface area is 90.2 Å². The maximum absolute atomic E-state index is 11.8. The van der Waals surface area contributed by atoms with Gasteiger partial charge in [-0.3, -0.25) is 4.79 Å². The van der Waals surface area contributed by atoms with Gasteiger partial charge < -0.3 is 14.7 Å². The van der Waals surface area contributed by atoms with E-state index in [-0.39, 0.29) is 18.1 Å². The molecule has 2 fully saturated rings. The van der Waals surface area contributed by atoms with Gasteiger partial charge in [-0.15, -0.1) is 0 Å². The van der Waals surface area contributed by atoms with Crippen molar-refractivity contribution in [1.29, 1.82) is 0 Å². The molecule has 0 radical (unpaired) electrons. The van der Waals surface area contributed by atoms with Crippen molar-refractivity contribution in [1.82, 2.24) is 4.90 Å². The number of hydrogen-bond donors (Lipinski definition) is 1. The van der Waals surface area contributed by atoms with Crippen LogP contribution in [0.2, 0.25) is 0 Å². The van der Waals surface area contributed by atoms with Crippen molar-refractivity contribution in [3.05, 3.63) is 0 Å². The summed E-state index contributed by atoms with van der Waals surface area (Å²) in [5, 5.41) is 9.73. The first-order chi connectivity index (χ1) is 7.13. The molecule has 4 nitrogen and oxygen atoms in total. The van der Waals surface area contributed by atoms with Crippen LogP contribution in [0.15, 0.2) is 0 Å². The molecule has 1 heterocycles. The van der Waals surface area contributed by atoms with Crippen molar-refractivity contribution in [3.63, 3.8) is 0 Å². The van der Waals surface area contributed by atoms with Crippen LogP contribution < -0.4 is 0 Å². The lowest BCUT2D eigenvalue weighted by molar-refractivity contribution is -0.140. The highest BCUT2D eigenvalue weighted by Gasteiger charge is 2.43. The van der Waals surface area contributed by atoms with Gasteiger partial charge in [0.2, 0.25) is 0 Å². The first kappa shape index (κ1) is 10.9. The largest absolute Gasteiger partial charge is 0.393 e. The number of fused-ring (bicyclic) bond motifs is 1. The molecule has 86 valence electrons. The summed E-state index contributed by atoms with van der Waals surface area (Å²) in [6.45, 7) is 3.28. The normalized spacial score (nSPS) is 36.7. The van der Waals surface area contributed by atoms with E-state index in [4.69, 9.17) is 4.74 Å². The number of carbonyl (C=O) groups excluding carboxylic acids is 1. The quantitative estimate of drug-likeness (QED) is 0.715. The number of ether oxygens (including phenoxy) is 1. The van der Waals surface area contributed by atoms with E-state index < -0.39 is 0 Å². The summed E-state index contributed by atoms with van der Waals surface area (Å²) in [5.74, 6) is 0.866. The molecule has 4 heteroatoms. The average Bonchev–Trinajstić information content (AvgIpc) is 2.79. The Hall–Kier alpha value is -0.610. The van der Waals surface area contributed by atoms with Crippen molar-refractivity contribution in [2.45, 2.75) is 32.0 Å². The number of aliphatic hydroxyl groups is 1. The van der Waals surface area contributed by atoms with Crippen molar-refractivity contribution in [2.75, 3.05) is 20.2 Å². The van der Waals surface area contributed by atoms with Gasteiger partial charge in [0.25, 0.3) is 5.91 Å². The van der Waals surface area contributed by atoms with Crippen molar-refractivity contribution < 1.29 is 14.6 Å². The number of methoxy groups -OCH3 is 1. The Morgan fingerprint density at radius 1 is 1.47 bits per heavy atom. The van der Waals surface area contributed by atoms with Gasteiger partial charge in [-0.25, -0.2) is 0 Å². The number of rotatable bonds is 2. The SMILES string of the molecule is COC(C)C(=O)N1CC2CCC(O)C2C1. The third-order valence-corrected chi connectivity index (χ3v) is 3.83. The molecule has 1 aliphatic carbocycles. The highest BCUT2D eigenvalue weighted by molar-refractivity contribution is 5.80. The second-order valence-corrected chi connectivity index (χ2v) is 4.69. The van der Waals surface area contributed by atoms with E-state index >= 15 is 0 Å². The molecule has 2 aliphatic rings. The monoisotopic (exact) mass is 213 g/mol. The summed E-state index contributed by atoms with van der Waals surface area (Å²) < 4.78 is 5.02. The summed E-state index contributed by atoms with van der Waals surface area (Å²) in [6.07, 6.45) is 1.39. The minimum Gasteiger partial charge on any atom is -0.393 e. The summed E-state index contributed by atoms with van der Waals surface area (Å²) in [5.41, 5.74) is 0. The van der Waals surface area contributed by atoms with Gasteiger partial charge >= 0.3 is 0 Å². The molecule has 1 saturated heterocycles. The Bertz CT molecular complexity index is 256. The Morgan fingerprint density at radius 2 is 2.20 bits per heavy atom. The van der Waals surface area contributed by atoms with E-state index in [2.05, 4.69) is 0 Å². The lowest BCUT2D eigenvalue weighted by Gasteiger charge is -2.21.